The van der Waals surface area contributed by atoms with Gasteiger partial charge < -0.3 is 15.1 Å². The minimum Gasteiger partial charge on any atom is -0.369 e. The summed E-state index contributed by atoms with van der Waals surface area (Å²) in [6.07, 6.45) is 5.46. The van der Waals surface area contributed by atoms with Gasteiger partial charge in [-0.2, -0.15) is 0 Å². The quantitative estimate of drug-likeness (QED) is 0.861. The Kier molecular flexibility index (Phi) is 4.86. The highest BCUT2D eigenvalue weighted by atomic mass is 79.9. The van der Waals surface area contributed by atoms with Crippen LogP contribution in [0.25, 0.3) is 0 Å². The van der Waals surface area contributed by atoms with Gasteiger partial charge in [0.25, 0.3) is 0 Å². The first-order valence-electron chi connectivity index (χ1n) is 7.13. The largest absolute Gasteiger partial charge is 0.369 e. The van der Waals surface area contributed by atoms with Gasteiger partial charge in [-0.25, -0.2) is 9.97 Å². The predicted molar refractivity (Wildman–Crippen MR) is 87.4 cm³/mol. The van der Waals surface area contributed by atoms with Gasteiger partial charge in [0.05, 0.1) is 0 Å². The molecule has 1 aliphatic rings. The van der Waals surface area contributed by atoms with Crippen molar-refractivity contribution in [2.24, 2.45) is 0 Å². The highest BCUT2D eigenvalue weighted by molar-refractivity contribution is 9.10. The van der Waals surface area contributed by atoms with Crippen molar-refractivity contribution in [2.45, 2.75) is 31.7 Å². The van der Waals surface area contributed by atoms with Crippen LogP contribution >= 0.6 is 15.9 Å². The van der Waals surface area contributed by atoms with Crippen molar-refractivity contribution < 1.29 is 0 Å². The van der Waals surface area contributed by atoms with Crippen LogP contribution in [-0.2, 0) is 0 Å². The number of nitrogens with zero attached hydrogens (tertiary/aromatic N) is 4. The Morgan fingerprint density at radius 3 is 2.50 bits per heavy atom. The third kappa shape index (κ3) is 2.91. The van der Waals surface area contributed by atoms with Gasteiger partial charge in [-0.3, -0.25) is 0 Å². The zero-order valence-corrected chi connectivity index (χ0v) is 14.4. The lowest BCUT2D eigenvalue weighted by molar-refractivity contribution is 0.0681. The first-order chi connectivity index (χ1) is 9.50. The first kappa shape index (κ1) is 15.5. The molecule has 112 valence electrons. The molecule has 1 fully saturated rings. The number of aromatic nitrogens is 2. The molecule has 5 nitrogen and oxygen atoms in total. The lowest BCUT2D eigenvalue weighted by Gasteiger charge is -2.49. The maximum Gasteiger partial charge on any atom is 0.148 e. The summed E-state index contributed by atoms with van der Waals surface area (Å²) in [6.45, 7) is 3.90. The van der Waals surface area contributed by atoms with Crippen LogP contribution in [0.5, 0.6) is 0 Å². The van der Waals surface area contributed by atoms with Crippen LogP contribution in [0.4, 0.5) is 11.6 Å². The number of halogens is 1. The number of hydrogen-bond donors (Lipinski definition) is 1. The topological polar surface area (TPSA) is 44.3 Å². The molecule has 20 heavy (non-hydrogen) atoms. The summed E-state index contributed by atoms with van der Waals surface area (Å²) in [7, 11) is 6.45. The molecule has 0 aromatic carbocycles. The third-order valence-electron chi connectivity index (χ3n) is 4.24. The van der Waals surface area contributed by atoms with Crippen molar-refractivity contribution >= 4 is 27.6 Å². The fraction of sp³-hybridized carbons (Fsp3) is 0.714. The van der Waals surface area contributed by atoms with Crippen LogP contribution in [0.2, 0.25) is 0 Å². The minimum absolute atomic E-state index is 0.289. The van der Waals surface area contributed by atoms with Crippen LogP contribution in [0.15, 0.2) is 10.8 Å². The molecule has 1 aromatic rings. The Balaban J connectivity index is 2.17. The van der Waals surface area contributed by atoms with Crippen LogP contribution in [0.3, 0.4) is 0 Å². The molecule has 0 saturated heterocycles. The summed E-state index contributed by atoms with van der Waals surface area (Å²) in [4.78, 5) is 13.3. The molecule has 1 aromatic heterocycles. The zero-order valence-electron chi connectivity index (χ0n) is 12.8. The van der Waals surface area contributed by atoms with Crippen LogP contribution < -0.4 is 10.2 Å². The van der Waals surface area contributed by atoms with E-state index in [4.69, 9.17) is 0 Å². The van der Waals surface area contributed by atoms with Crippen molar-refractivity contribution in [3.63, 3.8) is 0 Å². The Bertz CT molecular complexity index is 459. The van der Waals surface area contributed by atoms with E-state index < -0.39 is 0 Å². The second-order valence-electron chi connectivity index (χ2n) is 5.72. The normalized spacial score (nSPS) is 16.9. The van der Waals surface area contributed by atoms with Gasteiger partial charge in [0.2, 0.25) is 0 Å². The Morgan fingerprint density at radius 2 is 2.00 bits per heavy atom. The summed E-state index contributed by atoms with van der Waals surface area (Å²) in [6, 6.07) is 0. The minimum atomic E-state index is 0.289. The molecular formula is C14H24BrN5. The van der Waals surface area contributed by atoms with E-state index in [2.05, 4.69) is 69.1 Å². The molecule has 2 rings (SSSR count). The van der Waals surface area contributed by atoms with E-state index in [0.29, 0.717) is 0 Å². The van der Waals surface area contributed by atoms with Gasteiger partial charge in [-0.05, 0) is 56.2 Å². The monoisotopic (exact) mass is 341 g/mol. The number of likely N-dealkylation sites (N-methyl/N-ethyl adjacent to an activating group) is 2. The lowest BCUT2D eigenvalue weighted by atomic mass is 9.75. The molecule has 1 aliphatic carbocycles. The Hall–Kier alpha value is -0.880. The smallest absolute Gasteiger partial charge is 0.148 e. The lowest BCUT2D eigenvalue weighted by Crippen LogP contribution is -2.56. The first-order valence-corrected chi connectivity index (χ1v) is 7.92. The maximum absolute atomic E-state index is 4.43. The number of hydrogen-bond acceptors (Lipinski definition) is 5. The summed E-state index contributed by atoms with van der Waals surface area (Å²) in [5.74, 6) is 1.81. The van der Waals surface area contributed by atoms with Crippen LogP contribution in [0, 0.1) is 0 Å². The molecule has 0 bridgehead atoms. The molecule has 0 unspecified atom stereocenters. The average molecular weight is 342 g/mol. The van der Waals surface area contributed by atoms with Crippen LogP contribution in [0.1, 0.15) is 26.2 Å². The molecule has 1 N–H and O–H groups in total. The van der Waals surface area contributed by atoms with E-state index >= 15 is 0 Å². The molecule has 0 aliphatic heterocycles. The molecule has 1 heterocycles. The molecule has 0 spiro atoms. The van der Waals surface area contributed by atoms with Gasteiger partial charge in [0.1, 0.15) is 22.4 Å². The Morgan fingerprint density at radius 1 is 1.30 bits per heavy atom. The summed E-state index contributed by atoms with van der Waals surface area (Å²) in [5.41, 5.74) is 0.289. The van der Waals surface area contributed by atoms with E-state index in [1.807, 2.05) is 0 Å². The number of anilines is 2. The average Bonchev–Trinajstić information content (AvgIpc) is 2.36. The van der Waals surface area contributed by atoms with Gasteiger partial charge in [-0.15, -0.1) is 0 Å². The summed E-state index contributed by atoms with van der Waals surface area (Å²) >= 11 is 3.62. The summed E-state index contributed by atoms with van der Waals surface area (Å²) < 4.78 is 0.942. The molecule has 0 atom stereocenters. The van der Waals surface area contributed by atoms with E-state index in [-0.39, 0.29) is 5.54 Å². The van der Waals surface area contributed by atoms with Crippen molar-refractivity contribution in [3.8, 4) is 0 Å². The van der Waals surface area contributed by atoms with Gasteiger partial charge >= 0.3 is 0 Å². The number of nitrogens with one attached hydrogen (secondary N) is 1. The highest BCUT2D eigenvalue weighted by Crippen LogP contribution is 2.38. The van der Waals surface area contributed by atoms with Crippen molar-refractivity contribution in [2.75, 3.05) is 44.4 Å². The Labute approximate surface area is 129 Å². The highest BCUT2D eigenvalue weighted by Gasteiger charge is 2.40. The molecule has 6 heteroatoms. The zero-order chi connectivity index (χ0) is 14.8. The summed E-state index contributed by atoms with van der Waals surface area (Å²) in [5, 5.41) is 3.25. The second kappa shape index (κ2) is 6.26. The van der Waals surface area contributed by atoms with Gasteiger partial charge in [-0.1, -0.05) is 0 Å². The van der Waals surface area contributed by atoms with E-state index in [1.54, 1.807) is 6.33 Å². The van der Waals surface area contributed by atoms with E-state index in [0.717, 1.165) is 29.2 Å². The van der Waals surface area contributed by atoms with Gasteiger partial charge in [0, 0.05) is 25.7 Å². The maximum atomic E-state index is 4.43. The van der Waals surface area contributed by atoms with Crippen LogP contribution in [-0.4, -0.2) is 54.6 Å². The van der Waals surface area contributed by atoms with Crippen molar-refractivity contribution in [3.05, 3.63) is 10.8 Å². The third-order valence-corrected chi connectivity index (χ3v) is 4.97. The number of rotatable bonds is 6. The standard InChI is InChI=1S/C14H24BrN5/c1-5-16-12-11(15)13(18-10-17-12)20(4)9-14(19(2)3)7-6-8-14/h10H,5-9H2,1-4H3,(H,16,17,18). The SMILES string of the molecule is CCNc1ncnc(N(C)CC2(N(C)C)CCC2)c1Br. The van der Waals surface area contributed by atoms with Gasteiger partial charge in [0.15, 0.2) is 0 Å². The molecule has 1 saturated carbocycles. The fourth-order valence-electron chi connectivity index (χ4n) is 2.77. The molecule has 0 radical (unpaired) electrons. The fourth-order valence-corrected chi connectivity index (χ4v) is 3.41. The van der Waals surface area contributed by atoms with Crippen molar-refractivity contribution in [1.29, 1.82) is 0 Å². The molecular weight excluding hydrogens is 318 g/mol. The van der Waals surface area contributed by atoms with Crippen molar-refractivity contribution in [1.82, 2.24) is 14.9 Å². The van der Waals surface area contributed by atoms with E-state index in [1.165, 1.54) is 19.3 Å². The second-order valence-corrected chi connectivity index (χ2v) is 6.51. The predicted octanol–water partition coefficient (Wildman–Crippen LogP) is 2.59. The molecule has 0 amide bonds. The van der Waals surface area contributed by atoms with E-state index in [9.17, 15) is 0 Å².